The molecule has 4 rings (SSSR count). The highest BCUT2D eigenvalue weighted by Crippen LogP contribution is 2.37. The summed E-state index contributed by atoms with van der Waals surface area (Å²) >= 11 is 0. The number of amides is 1. The number of hydrogen-bond acceptors (Lipinski definition) is 3. The van der Waals surface area contributed by atoms with Gasteiger partial charge in [0.2, 0.25) is 5.91 Å². The predicted molar refractivity (Wildman–Crippen MR) is 109 cm³/mol. The molecule has 1 heterocycles. The topological polar surface area (TPSA) is 35.6 Å². The quantitative estimate of drug-likeness (QED) is 0.751. The molecular weight excluding hydrogens is 372 g/mol. The number of hydrogen-bond donors (Lipinski definition) is 1. The van der Waals surface area contributed by atoms with E-state index in [1.165, 1.54) is 37.8 Å². The average molecular weight is 406 g/mol. The minimum atomic E-state index is -0.566. The molecule has 3 fully saturated rings. The first kappa shape index (κ1) is 20.7. The zero-order chi connectivity index (χ0) is 20.4. The molecule has 3 atom stereocenters. The van der Waals surface area contributed by atoms with E-state index in [1.807, 2.05) is 7.05 Å². The summed E-state index contributed by atoms with van der Waals surface area (Å²) in [6.07, 6.45) is 9.20. The number of halogens is 2. The van der Waals surface area contributed by atoms with Gasteiger partial charge in [-0.15, -0.1) is 0 Å². The number of nitrogens with one attached hydrogen (secondary N) is 1. The van der Waals surface area contributed by atoms with Crippen LogP contribution in [0.15, 0.2) is 18.2 Å². The van der Waals surface area contributed by atoms with Crippen molar-refractivity contribution in [2.45, 2.75) is 76.0 Å². The molecule has 1 aromatic rings. The number of nitrogens with zero attached hydrogens (tertiary/aromatic N) is 2. The Kier molecular flexibility index (Phi) is 6.50. The monoisotopic (exact) mass is 405 g/mol. The first-order valence-electron chi connectivity index (χ1n) is 11.2. The largest absolute Gasteiger partial charge is 0.338 e. The van der Waals surface area contributed by atoms with Crippen molar-refractivity contribution in [3.8, 4) is 0 Å². The Morgan fingerprint density at radius 1 is 1.17 bits per heavy atom. The maximum Gasteiger partial charge on any atom is 0.241 e. The van der Waals surface area contributed by atoms with Crippen LogP contribution in [-0.4, -0.2) is 54.0 Å². The predicted octanol–water partition coefficient (Wildman–Crippen LogP) is 3.70. The van der Waals surface area contributed by atoms with Crippen molar-refractivity contribution < 1.29 is 13.6 Å². The van der Waals surface area contributed by atoms with Crippen molar-refractivity contribution in [1.82, 2.24) is 15.1 Å². The molecule has 160 valence electrons. The lowest BCUT2D eigenvalue weighted by atomic mass is 9.78. The van der Waals surface area contributed by atoms with E-state index in [1.54, 1.807) is 0 Å². The van der Waals surface area contributed by atoms with E-state index >= 15 is 0 Å². The molecule has 29 heavy (non-hydrogen) atoms. The number of carbonyl (C=O) groups is 1. The summed E-state index contributed by atoms with van der Waals surface area (Å²) in [4.78, 5) is 18.0. The number of carbonyl (C=O) groups excluding carboxylic acids is 1. The maximum absolute atomic E-state index is 14.3. The van der Waals surface area contributed by atoms with Gasteiger partial charge in [0.25, 0.3) is 0 Å². The molecule has 1 aromatic carbocycles. The van der Waals surface area contributed by atoms with E-state index in [4.69, 9.17) is 0 Å². The molecule has 4 nitrogen and oxygen atoms in total. The fourth-order valence-corrected chi connectivity index (χ4v) is 5.38. The van der Waals surface area contributed by atoms with Gasteiger partial charge < -0.3 is 10.2 Å². The van der Waals surface area contributed by atoms with Crippen LogP contribution in [0.5, 0.6) is 0 Å². The summed E-state index contributed by atoms with van der Waals surface area (Å²) in [6.45, 7) is 1.73. The van der Waals surface area contributed by atoms with Gasteiger partial charge in [-0.2, -0.15) is 0 Å². The van der Waals surface area contributed by atoms with Crippen LogP contribution >= 0.6 is 0 Å². The first-order valence-corrected chi connectivity index (χ1v) is 11.2. The molecule has 0 spiro atoms. The SMILES string of the molecule is CNC[C@H](C(=O)N1CCC[C@H]2CCCC[C@@H]21)N(Cc1ccc(F)cc1F)C1CC1. The molecule has 1 N–H and O–H groups in total. The normalized spacial score (nSPS) is 25.7. The molecule has 2 saturated carbocycles. The Morgan fingerprint density at radius 2 is 1.93 bits per heavy atom. The summed E-state index contributed by atoms with van der Waals surface area (Å²) in [5, 5.41) is 3.19. The van der Waals surface area contributed by atoms with Crippen LogP contribution < -0.4 is 5.32 Å². The highest BCUT2D eigenvalue weighted by Gasteiger charge is 2.42. The highest BCUT2D eigenvalue weighted by atomic mass is 19.1. The van der Waals surface area contributed by atoms with Gasteiger partial charge in [0.15, 0.2) is 0 Å². The molecule has 3 aliphatic rings. The Hall–Kier alpha value is -1.53. The Bertz CT molecular complexity index is 722. The lowest BCUT2D eigenvalue weighted by Gasteiger charge is -2.46. The summed E-state index contributed by atoms with van der Waals surface area (Å²) < 4.78 is 27.7. The standard InChI is InChI=1S/C23H33F2N3O/c1-26-14-22(23(29)27-12-4-6-16-5-2-3-7-21(16)27)28(19-10-11-19)15-17-8-9-18(24)13-20(17)25/h8-9,13,16,19,21-22,26H,2-7,10-12,14-15H2,1H3/t16-,21+,22-/m1/s1. The Morgan fingerprint density at radius 3 is 2.66 bits per heavy atom. The van der Waals surface area contributed by atoms with Crippen molar-refractivity contribution >= 4 is 5.91 Å². The molecule has 0 unspecified atom stereocenters. The van der Waals surface area contributed by atoms with Crippen molar-refractivity contribution in [3.63, 3.8) is 0 Å². The van der Waals surface area contributed by atoms with E-state index < -0.39 is 11.6 Å². The summed E-state index contributed by atoms with van der Waals surface area (Å²) in [5.74, 6) is -0.272. The van der Waals surface area contributed by atoms with Crippen molar-refractivity contribution in [1.29, 1.82) is 0 Å². The van der Waals surface area contributed by atoms with E-state index in [2.05, 4.69) is 15.1 Å². The fraction of sp³-hybridized carbons (Fsp3) is 0.696. The average Bonchev–Trinajstić information content (AvgIpc) is 3.56. The summed E-state index contributed by atoms with van der Waals surface area (Å²) in [7, 11) is 1.86. The molecule has 6 heteroatoms. The lowest BCUT2D eigenvalue weighted by Crippen LogP contribution is -2.58. The van der Waals surface area contributed by atoms with Gasteiger partial charge in [0.1, 0.15) is 17.7 Å². The third-order valence-electron chi connectivity index (χ3n) is 6.99. The van der Waals surface area contributed by atoms with Gasteiger partial charge in [-0.25, -0.2) is 8.78 Å². The van der Waals surface area contributed by atoms with E-state index in [0.717, 1.165) is 38.3 Å². The van der Waals surface area contributed by atoms with Crippen LogP contribution in [0.4, 0.5) is 8.78 Å². The Balaban J connectivity index is 1.55. The number of benzene rings is 1. The van der Waals surface area contributed by atoms with Crippen molar-refractivity contribution in [2.75, 3.05) is 20.1 Å². The van der Waals surface area contributed by atoms with Gasteiger partial charge >= 0.3 is 0 Å². The number of fused-ring (bicyclic) bond motifs is 1. The smallest absolute Gasteiger partial charge is 0.241 e. The van der Waals surface area contributed by atoms with Crippen molar-refractivity contribution in [2.24, 2.45) is 5.92 Å². The molecule has 1 amide bonds. The number of piperidine rings is 1. The zero-order valence-corrected chi connectivity index (χ0v) is 17.4. The first-order chi connectivity index (χ1) is 14.1. The van der Waals surface area contributed by atoms with Crippen molar-refractivity contribution in [3.05, 3.63) is 35.4 Å². The van der Waals surface area contributed by atoms with Crippen LogP contribution in [0.3, 0.4) is 0 Å². The number of likely N-dealkylation sites (tertiary alicyclic amines) is 1. The van der Waals surface area contributed by atoms with Crippen LogP contribution in [0.25, 0.3) is 0 Å². The van der Waals surface area contributed by atoms with Gasteiger partial charge in [-0.05, 0) is 57.6 Å². The minimum absolute atomic E-state index is 0.186. The molecule has 0 radical (unpaired) electrons. The molecular formula is C23H33F2N3O. The van der Waals surface area contributed by atoms with Gasteiger partial charge in [-0.3, -0.25) is 9.69 Å². The van der Waals surface area contributed by atoms with Gasteiger partial charge in [-0.1, -0.05) is 18.9 Å². The fourth-order valence-electron chi connectivity index (χ4n) is 5.38. The lowest BCUT2D eigenvalue weighted by molar-refractivity contribution is -0.144. The van der Waals surface area contributed by atoms with Gasteiger partial charge in [0, 0.05) is 43.3 Å². The highest BCUT2D eigenvalue weighted by molar-refractivity contribution is 5.82. The summed E-state index contributed by atoms with van der Waals surface area (Å²) in [6, 6.07) is 4.11. The summed E-state index contributed by atoms with van der Waals surface area (Å²) in [5.41, 5.74) is 0.460. The number of rotatable bonds is 7. The van der Waals surface area contributed by atoms with E-state index in [-0.39, 0.29) is 11.9 Å². The van der Waals surface area contributed by atoms with Crippen LogP contribution in [0.1, 0.15) is 56.9 Å². The third-order valence-corrected chi connectivity index (χ3v) is 6.99. The van der Waals surface area contributed by atoms with Crippen LogP contribution in [0.2, 0.25) is 0 Å². The second-order valence-corrected chi connectivity index (χ2v) is 9.00. The van der Waals surface area contributed by atoms with Crippen LogP contribution in [-0.2, 0) is 11.3 Å². The Labute approximate surface area is 172 Å². The van der Waals surface area contributed by atoms with E-state index in [0.29, 0.717) is 36.7 Å². The molecule has 2 aliphatic carbocycles. The second kappa shape index (κ2) is 9.09. The van der Waals surface area contributed by atoms with E-state index in [9.17, 15) is 13.6 Å². The molecule has 1 aliphatic heterocycles. The zero-order valence-electron chi connectivity index (χ0n) is 17.4. The minimum Gasteiger partial charge on any atom is -0.338 e. The third kappa shape index (κ3) is 4.64. The maximum atomic E-state index is 14.3. The van der Waals surface area contributed by atoms with Crippen LogP contribution in [0, 0.1) is 17.6 Å². The second-order valence-electron chi connectivity index (χ2n) is 9.00. The molecule has 0 bridgehead atoms. The molecule has 1 saturated heterocycles. The number of likely N-dealkylation sites (N-methyl/N-ethyl adjacent to an activating group) is 1. The van der Waals surface area contributed by atoms with Gasteiger partial charge in [0.05, 0.1) is 0 Å². The molecule has 0 aromatic heterocycles.